The maximum Gasteiger partial charge on any atom is 0.227 e. The summed E-state index contributed by atoms with van der Waals surface area (Å²) < 4.78 is 5.15. The van der Waals surface area contributed by atoms with Gasteiger partial charge in [-0.3, -0.25) is 4.79 Å². The van der Waals surface area contributed by atoms with Gasteiger partial charge in [0.25, 0.3) is 0 Å². The van der Waals surface area contributed by atoms with E-state index in [-0.39, 0.29) is 5.91 Å². The van der Waals surface area contributed by atoms with E-state index in [2.05, 4.69) is 27.7 Å². The first-order valence-electron chi connectivity index (χ1n) is 7.13. The van der Waals surface area contributed by atoms with Crippen LogP contribution in [0.5, 0.6) is 0 Å². The summed E-state index contributed by atoms with van der Waals surface area (Å²) in [4.78, 5) is 16.9. The maximum absolute atomic E-state index is 11.7. The third-order valence-corrected chi connectivity index (χ3v) is 3.69. The Morgan fingerprint density at radius 3 is 3.05 bits per heavy atom. The molecule has 2 rings (SSSR count). The quantitative estimate of drug-likeness (QED) is 0.691. The third kappa shape index (κ3) is 5.28. The number of nitrogens with zero attached hydrogens (tertiary/aromatic N) is 2. The maximum atomic E-state index is 11.7. The van der Waals surface area contributed by atoms with Crippen LogP contribution in [0.25, 0.3) is 10.7 Å². The molecule has 1 amide bonds. The first-order chi connectivity index (χ1) is 10.3. The normalized spacial score (nSPS) is 10.7. The van der Waals surface area contributed by atoms with Crippen LogP contribution in [0.3, 0.4) is 0 Å². The SMILES string of the molecule is CCCNCCNC(=O)CCc1nc(-c2cccs2)no1. The fourth-order valence-electron chi connectivity index (χ4n) is 1.76. The molecule has 0 aliphatic carbocycles. The minimum atomic E-state index is 0.00386. The predicted octanol–water partition coefficient (Wildman–Crippen LogP) is 1.85. The molecule has 0 aliphatic heterocycles. The van der Waals surface area contributed by atoms with Gasteiger partial charge in [0, 0.05) is 25.9 Å². The molecule has 0 spiro atoms. The molecule has 0 aliphatic rings. The number of thiophene rings is 1. The molecule has 0 bridgehead atoms. The zero-order valence-corrected chi connectivity index (χ0v) is 12.9. The van der Waals surface area contributed by atoms with E-state index in [1.807, 2.05) is 17.5 Å². The summed E-state index contributed by atoms with van der Waals surface area (Å²) >= 11 is 1.56. The highest BCUT2D eigenvalue weighted by molar-refractivity contribution is 7.13. The van der Waals surface area contributed by atoms with Gasteiger partial charge >= 0.3 is 0 Å². The minimum absolute atomic E-state index is 0.00386. The van der Waals surface area contributed by atoms with Crippen molar-refractivity contribution < 1.29 is 9.32 Å². The first kappa shape index (κ1) is 15.7. The lowest BCUT2D eigenvalue weighted by Crippen LogP contribution is -2.32. The zero-order valence-electron chi connectivity index (χ0n) is 12.1. The molecule has 0 aromatic carbocycles. The standard InChI is InChI=1S/C14H20N4O2S/c1-2-7-15-8-9-16-12(19)5-6-13-17-14(18-20-13)11-4-3-10-21-11/h3-4,10,15H,2,5-9H2,1H3,(H,16,19). The fourth-order valence-corrected chi connectivity index (χ4v) is 2.41. The predicted molar refractivity (Wildman–Crippen MR) is 82.1 cm³/mol. The fraction of sp³-hybridized carbons (Fsp3) is 0.500. The molecule has 0 saturated carbocycles. The largest absolute Gasteiger partial charge is 0.355 e. The van der Waals surface area contributed by atoms with Crippen molar-refractivity contribution in [3.63, 3.8) is 0 Å². The monoisotopic (exact) mass is 308 g/mol. The number of aryl methyl sites for hydroxylation is 1. The highest BCUT2D eigenvalue weighted by Crippen LogP contribution is 2.21. The van der Waals surface area contributed by atoms with Gasteiger partial charge in [0.15, 0.2) is 0 Å². The van der Waals surface area contributed by atoms with Crippen LogP contribution in [0.15, 0.2) is 22.0 Å². The zero-order chi connectivity index (χ0) is 14.9. The summed E-state index contributed by atoms with van der Waals surface area (Å²) in [5.74, 6) is 1.09. The molecule has 2 N–H and O–H groups in total. The topological polar surface area (TPSA) is 80.0 Å². The van der Waals surface area contributed by atoms with Gasteiger partial charge in [-0.1, -0.05) is 18.1 Å². The van der Waals surface area contributed by atoms with Crippen molar-refractivity contribution in [3.8, 4) is 10.7 Å². The van der Waals surface area contributed by atoms with E-state index in [0.717, 1.165) is 24.4 Å². The lowest BCUT2D eigenvalue weighted by molar-refractivity contribution is -0.121. The molecular weight excluding hydrogens is 288 g/mol. The van der Waals surface area contributed by atoms with Crippen molar-refractivity contribution in [1.29, 1.82) is 0 Å². The summed E-state index contributed by atoms with van der Waals surface area (Å²) in [5.41, 5.74) is 0. The number of rotatable bonds is 9. The summed E-state index contributed by atoms with van der Waals surface area (Å²) in [6.07, 6.45) is 1.92. The Hall–Kier alpha value is -1.73. The second-order valence-electron chi connectivity index (χ2n) is 4.59. The molecule has 0 fully saturated rings. The number of hydrogen-bond acceptors (Lipinski definition) is 6. The smallest absolute Gasteiger partial charge is 0.227 e. The van der Waals surface area contributed by atoms with E-state index < -0.39 is 0 Å². The Bertz CT molecular complexity index is 539. The Morgan fingerprint density at radius 1 is 1.38 bits per heavy atom. The number of carbonyl (C=O) groups excluding carboxylic acids is 1. The van der Waals surface area contributed by atoms with Gasteiger partial charge < -0.3 is 15.2 Å². The van der Waals surface area contributed by atoms with Crippen LogP contribution in [0.4, 0.5) is 0 Å². The Labute approximate surface area is 127 Å². The molecule has 114 valence electrons. The highest BCUT2D eigenvalue weighted by atomic mass is 32.1. The van der Waals surface area contributed by atoms with Gasteiger partial charge in [-0.2, -0.15) is 4.98 Å². The molecule has 0 radical (unpaired) electrons. The number of carbonyl (C=O) groups is 1. The van der Waals surface area contributed by atoms with Crippen LogP contribution in [-0.4, -0.2) is 35.7 Å². The van der Waals surface area contributed by atoms with Crippen LogP contribution < -0.4 is 10.6 Å². The lowest BCUT2D eigenvalue weighted by Gasteiger charge is -2.04. The van der Waals surface area contributed by atoms with E-state index in [1.54, 1.807) is 11.3 Å². The number of aromatic nitrogens is 2. The average molecular weight is 308 g/mol. The third-order valence-electron chi connectivity index (χ3n) is 2.83. The van der Waals surface area contributed by atoms with E-state index in [1.165, 1.54) is 0 Å². The van der Waals surface area contributed by atoms with E-state index in [4.69, 9.17) is 4.52 Å². The van der Waals surface area contributed by atoms with E-state index in [9.17, 15) is 4.79 Å². The van der Waals surface area contributed by atoms with Gasteiger partial charge in [-0.15, -0.1) is 11.3 Å². The van der Waals surface area contributed by atoms with Crippen molar-refractivity contribution in [1.82, 2.24) is 20.8 Å². The molecule has 2 aromatic heterocycles. The van der Waals surface area contributed by atoms with Crippen LogP contribution in [-0.2, 0) is 11.2 Å². The van der Waals surface area contributed by atoms with Gasteiger partial charge in [-0.25, -0.2) is 0 Å². The number of hydrogen-bond donors (Lipinski definition) is 2. The summed E-state index contributed by atoms with van der Waals surface area (Å²) in [6, 6.07) is 3.88. The molecule has 2 aromatic rings. The Morgan fingerprint density at radius 2 is 2.29 bits per heavy atom. The second kappa shape index (κ2) is 8.53. The second-order valence-corrected chi connectivity index (χ2v) is 5.54. The van der Waals surface area contributed by atoms with Gasteiger partial charge in [0.2, 0.25) is 17.6 Å². The van der Waals surface area contributed by atoms with E-state index >= 15 is 0 Å². The minimum Gasteiger partial charge on any atom is -0.355 e. The van der Waals surface area contributed by atoms with Gasteiger partial charge in [0.05, 0.1) is 4.88 Å². The first-order valence-corrected chi connectivity index (χ1v) is 8.01. The molecule has 6 nitrogen and oxygen atoms in total. The van der Waals surface area contributed by atoms with Crippen molar-refractivity contribution in [2.75, 3.05) is 19.6 Å². The summed E-state index contributed by atoms with van der Waals surface area (Å²) in [5, 5.41) is 12.0. The van der Waals surface area contributed by atoms with Crippen molar-refractivity contribution in [2.24, 2.45) is 0 Å². The van der Waals surface area contributed by atoms with Crippen LogP contribution in [0, 0.1) is 0 Å². The van der Waals surface area contributed by atoms with E-state index in [0.29, 0.717) is 31.1 Å². The van der Waals surface area contributed by atoms with Gasteiger partial charge in [0.1, 0.15) is 0 Å². The van der Waals surface area contributed by atoms with Gasteiger partial charge in [-0.05, 0) is 24.4 Å². The van der Waals surface area contributed by atoms with Crippen LogP contribution >= 0.6 is 11.3 Å². The molecule has 2 heterocycles. The molecule has 7 heteroatoms. The van der Waals surface area contributed by atoms with Crippen LogP contribution in [0.2, 0.25) is 0 Å². The molecule has 0 atom stereocenters. The van der Waals surface area contributed by atoms with Crippen molar-refractivity contribution in [3.05, 3.63) is 23.4 Å². The summed E-state index contributed by atoms with van der Waals surface area (Å²) in [7, 11) is 0. The highest BCUT2D eigenvalue weighted by Gasteiger charge is 2.10. The molecule has 0 saturated heterocycles. The summed E-state index contributed by atoms with van der Waals surface area (Å²) in [6.45, 7) is 4.52. The van der Waals surface area contributed by atoms with Crippen LogP contribution in [0.1, 0.15) is 25.7 Å². The number of nitrogens with one attached hydrogen (secondary N) is 2. The Balaban J connectivity index is 1.67. The number of amides is 1. The lowest BCUT2D eigenvalue weighted by atomic mass is 10.3. The van der Waals surface area contributed by atoms with Crippen molar-refractivity contribution in [2.45, 2.75) is 26.2 Å². The average Bonchev–Trinajstić information content (AvgIpc) is 3.15. The van der Waals surface area contributed by atoms with Crippen molar-refractivity contribution >= 4 is 17.2 Å². The Kier molecular flexibility index (Phi) is 6.36. The molecule has 21 heavy (non-hydrogen) atoms. The molecular formula is C14H20N4O2S. The molecule has 0 unspecified atom stereocenters.